The van der Waals surface area contributed by atoms with Crippen molar-refractivity contribution in [2.24, 2.45) is 0 Å². The zero-order valence-corrected chi connectivity index (χ0v) is 15.5. The van der Waals surface area contributed by atoms with Gasteiger partial charge in [-0.3, -0.25) is 14.2 Å². The molecule has 0 saturated heterocycles. The van der Waals surface area contributed by atoms with Crippen LogP contribution in [-0.4, -0.2) is 27.0 Å². The molecule has 0 aliphatic heterocycles. The first-order valence-electron chi connectivity index (χ1n) is 9.49. The van der Waals surface area contributed by atoms with Crippen LogP contribution in [0, 0.1) is 0 Å². The topological polar surface area (TPSA) is 79.8 Å². The van der Waals surface area contributed by atoms with Crippen LogP contribution in [0.25, 0.3) is 21.9 Å². The molecule has 2 N–H and O–H groups in total. The molecule has 4 rings (SSSR count). The van der Waals surface area contributed by atoms with E-state index in [1.165, 1.54) is 16.5 Å². The highest BCUT2D eigenvalue weighted by Gasteiger charge is 2.11. The summed E-state index contributed by atoms with van der Waals surface area (Å²) in [5.74, 6) is -0.0586. The fraction of sp³-hybridized carbons (Fsp3) is 0.227. The second kappa shape index (κ2) is 8.08. The van der Waals surface area contributed by atoms with Gasteiger partial charge in [-0.15, -0.1) is 0 Å². The van der Waals surface area contributed by atoms with Crippen molar-refractivity contribution < 1.29 is 4.79 Å². The number of para-hydroxylation sites is 1. The van der Waals surface area contributed by atoms with Gasteiger partial charge in [0.25, 0.3) is 5.56 Å². The van der Waals surface area contributed by atoms with Crippen molar-refractivity contribution in [3.63, 3.8) is 0 Å². The molecule has 4 aromatic rings. The highest BCUT2D eigenvalue weighted by atomic mass is 16.1. The Hall–Kier alpha value is -3.41. The minimum absolute atomic E-state index is 0.0586. The number of benzene rings is 2. The predicted octanol–water partition coefficient (Wildman–Crippen LogP) is 3.02. The molecule has 2 heterocycles. The van der Waals surface area contributed by atoms with Gasteiger partial charge in [0.05, 0.1) is 6.33 Å². The number of nitrogens with one attached hydrogen (secondary N) is 2. The minimum atomic E-state index is -0.155. The average Bonchev–Trinajstić information content (AvgIpc) is 3.11. The van der Waals surface area contributed by atoms with Crippen LogP contribution in [0.5, 0.6) is 0 Å². The number of aromatic amines is 1. The lowest BCUT2D eigenvalue weighted by Crippen LogP contribution is -2.28. The number of nitrogens with zero attached hydrogens (tertiary/aromatic N) is 2. The number of H-pyrrole nitrogens is 1. The lowest BCUT2D eigenvalue weighted by molar-refractivity contribution is -0.121. The third kappa shape index (κ3) is 3.81. The average molecular weight is 374 g/mol. The van der Waals surface area contributed by atoms with Crippen molar-refractivity contribution in [1.29, 1.82) is 0 Å². The molecule has 0 aliphatic carbocycles. The lowest BCUT2D eigenvalue weighted by atomic mass is 10.1. The Bertz CT molecular complexity index is 1160. The first-order chi connectivity index (χ1) is 13.7. The van der Waals surface area contributed by atoms with Gasteiger partial charge in [0.15, 0.2) is 0 Å². The molecule has 2 aromatic heterocycles. The van der Waals surface area contributed by atoms with Gasteiger partial charge in [-0.2, -0.15) is 0 Å². The Labute approximate surface area is 162 Å². The summed E-state index contributed by atoms with van der Waals surface area (Å²) in [7, 11) is 0. The summed E-state index contributed by atoms with van der Waals surface area (Å²) in [5.41, 5.74) is 3.14. The number of hydrogen-bond acceptors (Lipinski definition) is 3. The van der Waals surface area contributed by atoms with Crippen molar-refractivity contribution >= 4 is 27.8 Å². The zero-order valence-electron chi connectivity index (χ0n) is 15.5. The number of fused-ring (bicyclic) bond motifs is 3. The van der Waals surface area contributed by atoms with Gasteiger partial charge in [0, 0.05) is 30.4 Å². The van der Waals surface area contributed by atoms with E-state index in [0.717, 1.165) is 23.7 Å². The van der Waals surface area contributed by atoms with Gasteiger partial charge in [0.1, 0.15) is 11.0 Å². The Kier molecular flexibility index (Phi) is 5.19. The Morgan fingerprint density at radius 1 is 1.07 bits per heavy atom. The lowest BCUT2D eigenvalue weighted by Gasteiger charge is -2.07. The van der Waals surface area contributed by atoms with Crippen molar-refractivity contribution in [3.05, 3.63) is 76.8 Å². The van der Waals surface area contributed by atoms with E-state index in [1.807, 2.05) is 42.5 Å². The largest absolute Gasteiger partial charge is 0.356 e. The molecule has 0 aliphatic rings. The number of aryl methyl sites for hydroxylation is 2. The molecule has 28 heavy (non-hydrogen) atoms. The van der Waals surface area contributed by atoms with E-state index in [9.17, 15) is 9.59 Å². The smallest absolute Gasteiger partial charge is 0.277 e. The third-order valence-corrected chi connectivity index (χ3v) is 4.87. The zero-order chi connectivity index (χ0) is 19.3. The number of carbonyl (C=O) groups excluding carboxylic acids is 1. The molecule has 1 amide bonds. The Balaban J connectivity index is 1.33. The molecule has 0 fully saturated rings. The highest BCUT2D eigenvalue weighted by molar-refractivity contribution is 6.04. The van der Waals surface area contributed by atoms with Gasteiger partial charge in [-0.05, 0) is 24.5 Å². The maximum Gasteiger partial charge on any atom is 0.277 e. The van der Waals surface area contributed by atoms with E-state index >= 15 is 0 Å². The predicted molar refractivity (Wildman–Crippen MR) is 110 cm³/mol. The van der Waals surface area contributed by atoms with Gasteiger partial charge in [-0.25, -0.2) is 4.98 Å². The molecule has 6 nitrogen and oxygen atoms in total. The normalized spacial score (nSPS) is 11.1. The molecule has 0 bridgehead atoms. The molecule has 0 radical (unpaired) electrons. The van der Waals surface area contributed by atoms with E-state index in [-0.39, 0.29) is 17.9 Å². The van der Waals surface area contributed by atoms with Gasteiger partial charge in [-0.1, -0.05) is 48.5 Å². The monoisotopic (exact) mass is 374 g/mol. The maximum absolute atomic E-state index is 12.7. The maximum atomic E-state index is 12.7. The summed E-state index contributed by atoms with van der Waals surface area (Å²) in [5, 5.41) is 3.85. The number of hydrogen-bond donors (Lipinski definition) is 2. The van der Waals surface area contributed by atoms with E-state index in [2.05, 4.69) is 27.4 Å². The van der Waals surface area contributed by atoms with Crippen LogP contribution in [0.4, 0.5) is 0 Å². The van der Waals surface area contributed by atoms with Crippen LogP contribution >= 0.6 is 0 Å². The molecule has 0 atom stereocenters. The highest BCUT2D eigenvalue weighted by Crippen LogP contribution is 2.20. The van der Waals surface area contributed by atoms with Crippen molar-refractivity contribution in [2.45, 2.75) is 25.8 Å². The summed E-state index contributed by atoms with van der Waals surface area (Å²) in [4.78, 5) is 32.3. The first-order valence-corrected chi connectivity index (χ1v) is 9.49. The van der Waals surface area contributed by atoms with Crippen LogP contribution in [0.3, 0.4) is 0 Å². The Morgan fingerprint density at radius 2 is 1.86 bits per heavy atom. The molecular weight excluding hydrogens is 352 g/mol. The molecule has 0 unspecified atom stereocenters. The Morgan fingerprint density at radius 3 is 2.71 bits per heavy atom. The van der Waals surface area contributed by atoms with Crippen molar-refractivity contribution in [1.82, 2.24) is 19.9 Å². The number of rotatable bonds is 7. The summed E-state index contributed by atoms with van der Waals surface area (Å²) in [6.45, 7) is 0.934. The quantitative estimate of drug-likeness (QED) is 0.488. The summed E-state index contributed by atoms with van der Waals surface area (Å²) < 4.78 is 1.49. The summed E-state index contributed by atoms with van der Waals surface area (Å²) in [6.07, 6.45) is 3.59. The third-order valence-electron chi connectivity index (χ3n) is 4.87. The van der Waals surface area contributed by atoms with Crippen LogP contribution in [0.1, 0.15) is 18.4 Å². The van der Waals surface area contributed by atoms with Gasteiger partial charge in [0.2, 0.25) is 5.91 Å². The van der Waals surface area contributed by atoms with E-state index in [1.54, 1.807) is 0 Å². The molecule has 6 heteroatoms. The molecular formula is C22H22N4O2. The molecule has 0 saturated carbocycles. The van der Waals surface area contributed by atoms with E-state index < -0.39 is 0 Å². The van der Waals surface area contributed by atoms with Crippen molar-refractivity contribution in [2.75, 3.05) is 6.54 Å². The van der Waals surface area contributed by atoms with Gasteiger partial charge < -0.3 is 10.3 Å². The molecule has 142 valence electrons. The van der Waals surface area contributed by atoms with Crippen molar-refractivity contribution in [3.8, 4) is 0 Å². The standard InChI is InChI=1S/C22H22N4O2/c27-19(23-13-6-9-16-7-2-1-3-8-16)12-14-26-15-24-20-17-10-4-5-11-18(17)25-21(20)22(26)28/h1-5,7-8,10-11,15,25H,6,9,12-14H2,(H,23,27). The number of aromatic nitrogens is 3. The van der Waals surface area contributed by atoms with Crippen LogP contribution in [0.15, 0.2) is 65.7 Å². The number of carbonyl (C=O) groups is 1. The first kappa shape index (κ1) is 18.0. The second-order valence-electron chi connectivity index (χ2n) is 6.83. The number of amides is 1. The van der Waals surface area contributed by atoms with Crippen LogP contribution in [0.2, 0.25) is 0 Å². The SMILES string of the molecule is O=C(CCn1cnc2c([nH]c3ccccc32)c1=O)NCCCc1ccccc1. The minimum Gasteiger partial charge on any atom is -0.356 e. The molecule has 2 aromatic carbocycles. The summed E-state index contributed by atoms with van der Waals surface area (Å²) in [6, 6.07) is 17.9. The fourth-order valence-corrected chi connectivity index (χ4v) is 3.37. The van der Waals surface area contributed by atoms with Crippen LogP contribution in [-0.2, 0) is 17.8 Å². The van der Waals surface area contributed by atoms with Crippen LogP contribution < -0.4 is 10.9 Å². The summed E-state index contributed by atoms with van der Waals surface area (Å²) >= 11 is 0. The molecule has 0 spiro atoms. The van der Waals surface area contributed by atoms with Gasteiger partial charge >= 0.3 is 0 Å². The second-order valence-corrected chi connectivity index (χ2v) is 6.83. The van der Waals surface area contributed by atoms with E-state index in [0.29, 0.717) is 24.1 Å². The van der Waals surface area contributed by atoms with E-state index in [4.69, 9.17) is 0 Å². The fourth-order valence-electron chi connectivity index (χ4n) is 3.37.